The van der Waals surface area contributed by atoms with Gasteiger partial charge in [0.1, 0.15) is 12.1 Å². The minimum atomic E-state index is -3.68. The van der Waals surface area contributed by atoms with Crippen molar-refractivity contribution in [1.29, 1.82) is 0 Å². The number of hydrogen-bond donors (Lipinski definition) is 2. The highest BCUT2D eigenvalue weighted by Gasteiger charge is 2.37. The first kappa shape index (κ1) is 24.9. The van der Waals surface area contributed by atoms with Crippen molar-refractivity contribution in [3.05, 3.63) is 53.9 Å². The molecule has 2 heterocycles. The van der Waals surface area contributed by atoms with Gasteiger partial charge in [-0.2, -0.15) is 9.40 Å². The fourth-order valence-electron chi connectivity index (χ4n) is 4.07. The van der Waals surface area contributed by atoms with E-state index in [0.717, 1.165) is 12.1 Å². The zero-order valence-electron chi connectivity index (χ0n) is 19.2. The minimum absolute atomic E-state index is 0. The number of aryl methyl sites for hydroxylation is 1. The molecule has 1 saturated heterocycles. The van der Waals surface area contributed by atoms with Crippen LogP contribution < -0.4 is 10.6 Å². The maximum absolute atomic E-state index is 13.2. The number of nitrogens with zero attached hydrogens (tertiary/aromatic N) is 3. The number of carbonyl (C=O) groups is 2. The predicted octanol–water partition coefficient (Wildman–Crippen LogP) is 1.95. The van der Waals surface area contributed by atoms with Crippen LogP contribution >= 0.6 is 0 Å². The summed E-state index contributed by atoms with van der Waals surface area (Å²) >= 11 is 0. The van der Waals surface area contributed by atoms with Gasteiger partial charge in [0.25, 0.3) is 0 Å². The van der Waals surface area contributed by atoms with Gasteiger partial charge in [-0.05, 0) is 30.9 Å². The van der Waals surface area contributed by atoms with Crippen LogP contribution in [0.4, 0.5) is 0 Å². The Morgan fingerprint density at radius 3 is 2.64 bits per heavy atom. The van der Waals surface area contributed by atoms with Crippen LogP contribution in [0.5, 0.6) is 0 Å². The third kappa shape index (κ3) is 6.64. The summed E-state index contributed by atoms with van der Waals surface area (Å²) in [6.07, 6.45) is 4.73. The number of piperidine rings is 1. The molecule has 10 heteroatoms. The SMILES string of the molecule is CCCC(NC(=O)C1CCCCN1S(=O)(=O)Cc1ccccc1)C(=O)NCc1ccnn1C.[HH]. The molecule has 2 N–H and O–H groups in total. The zero-order chi connectivity index (χ0) is 23.8. The molecule has 2 amide bonds. The Bertz CT molecular complexity index is 1040. The second kappa shape index (κ2) is 11.4. The van der Waals surface area contributed by atoms with Crippen LogP contribution in [0.15, 0.2) is 42.6 Å². The Morgan fingerprint density at radius 1 is 1.21 bits per heavy atom. The standard InChI is InChI=1S/C23H33N5O4S.H2/c1-3-9-20(22(29)24-16-19-13-14-25-27(19)2)26-23(30)21-12-7-8-15-28(21)33(31,32)17-18-10-5-4-6-11-18;/h4-6,10-11,13-14,20-21H,3,7-9,12,15-17H2,1-2H3,(H,24,29)(H,26,30);1H. The van der Waals surface area contributed by atoms with Gasteiger partial charge < -0.3 is 10.6 Å². The number of amides is 2. The van der Waals surface area contributed by atoms with Crippen LogP contribution in [0.2, 0.25) is 0 Å². The summed E-state index contributed by atoms with van der Waals surface area (Å²) in [7, 11) is -1.89. The summed E-state index contributed by atoms with van der Waals surface area (Å²) in [4.78, 5) is 26.0. The fraction of sp³-hybridized carbons (Fsp3) is 0.522. The van der Waals surface area contributed by atoms with Crippen LogP contribution in [0.25, 0.3) is 0 Å². The molecule has 9 nitrogen and oxygen atoms in total. The van der Waals surface area contributed by atoms with Crippen molar-refractivity contribution in [2.24, 2.45) is 7.05 Å². The van der Waals surface area contributed by atoms with Gasteiger partial charge in [0, 0.05) is 21.2 Å². The maximum Gasteiger partial charge on any atom is 0.242 e. The molecule has 0 aliphatic carbocycles. The normalized spacial score (nSPS) is 17.9. The molecule has 1 aliphatic rings. The molecule has 0 spiro atoms. The summed E-state index contributed by atoms with van der Waals surface area (Å²) in [5.41, 5.74) is 1.52. The van der Waals surface area contributed by atoms with Crippen molar-refractivity contribution >= 4 is 21.8 Å². The van der Waals surface area contributed by atoms with Crippen LogP contribution in [0, 0.1) is 0 Å². The lowest BCUT2D eigenvalue weighted by Gasteiger charge is -2.34. The molecular formula is C23H35N5O4S. The number of hydrogen-bond acceptors (Lipinski definition) is 5. The number of sulfonamides is 1. The first-order chi connectivity index (χ1) is 15.8. The van der Waals surface area contributed by atoms with Gasteiger partial charge in [-0.15, -0.1) is 0 Å². The second-order valence-corrected chi connectivity index (χ2v) is 10.3. The molecule has 1 aliphatic heterocycles. The lowest BCUT2D eigenvalue weighted by atomic mass is 10.0. The lowest BCUT2D eigenvalue weighted by Crippen LogP contribution is -2.56. The van der Waals surface area contributed by atoms with Gasteiger partial charge in [0.05, 0.1) is 18.0 Å². The average Bonchev–Trinajstić information content (AvgIpc) is 3.22. The summed E-state index contributed by atoms with van der Waals surface area (Å²) in [6, 6.07) is 9.23. The average molecular weight is 478 g/mol. The third-order valence-electron chi connectivity index (χ3n) is 5.88. The molecule has 33 heavy (non-hydrogen) atoms. The molecule has 1 fully saturated rings. The molecule has 0 bridgehead atoms. The van der Waals surface area contributed by atoms with Gasteiger partial charge >= 0.3 is 0 Å². The Morgan fingerprint density at radius 2 is 1.97 bits per heavy atom. The van der Waals surface area contributed by atoms with Gasteiger partial charge in [-0.25, -0.2) is 8.42 Å². The van der Waals surface area contributed by atoms with Crippen molar-refractivity contribution in [1.82, 2.24) is 24.7 Å². The molecule has 1 aromatic carbocycles. The lowest BCUT2D eigenvalue weighted by molar-refractivity contribution is -0.131. The monoisotopic (exact) mass is 477 g/mol. The van der Waals surface area contributed by atoms with Crippen LogP contribution in [0.1, 0.15) is 51.7 Å². The molecule has 2 aromatic rings. The molecule has 0 saturated carbocycles. The highest BCUT2D eigenvalue weighted by atomic mass is 32.2. The summed E-state index contributed by atoms with van der Waals surface area (Å²) in [5.74, 6) is -0.859. The van der Waals surface area contributed by atoms with E-state index in [1.165, 1.54) is 4.31 Å². The number of rotatable bonds is 10. The van der Waals surface area contributed by atoms with E-state index in [1.807, 2.05) is 19.1 Å². The molecule has 2 unspecified atom stereocenters. The van der Waals surface area contributed by atoms with E-state index in [0.29, 0.717) is 44.3 Å². The van der Waals surface area contributed by atoms with Crippen molar-refractivity contribution in [3.63, 3.8) is 0 Å². The van der Waals surface area contributed by atoms with Crippen molar-refractivity contribution < 1.29 is 19.4 Å². The van der Waals surface area contributed by atoms with Crippen LogP contribution in [0.3, 0.4) is 0 Å². The Labute approximate surface area is 197 Å². The predicted molar refractivity (Wildman–Crippen MR) is 127 cm³/mol. The highest BCUT2D eigenvalue weighted by Crippen LogP contribution is 2.23. The third-order valence-corrected chi connectivity index (χ3v) is 7.73. The van der Waals surface area contributed by atoms with E-state index in [2.05, 4.69) is 15.7 Å². The maximum atomic E-state index is 13.2. The largest absolute Gasteiger partial charge is 0.349 e. The van der Waals surface area contributed by atoms with E-state index >= 15 is 0 Å². The molecule has 3 rings (SSSR count). The Balaban J connectivity index is 0.00000408. The highest BCUT2D eigenvalue weighted by molar-refractivity contribution is 7.88. The van der Waals surface area contributed by atoms with Crippen molar-refractivity contribution in [3.8, 4) is 0 Å². The first-order valence-electron chi connectivity index (χ1n) is 11.4. The van der Waals surface area contributed by atoms with Crippen molar-refractivity contribution in [2.75, 3.05) is 6.54 Å². The molecular weight excluding hydrogens is 442 g/mol. The Hall–Kier alpha value is -2.72. The van der Waals surface area contributed by atoms with E-state index in [1.54, 1.807) is 42.2 Å². The topological polar surface area (TPSA) is 113 Å². The van der Waals surface area contributed by atoms with Gasteiger partial charge in [-0.1, -0.05) is 50.1 Å². The molecule has 0 radical (unpaired) electrons. The van der Waals surface area contributed by atoms with Gasteiger partial charge in [0.15, 0.2) is 0 Å². The van der Waals surface area contributed by atoms with E-state index in [9.17, 15) is 18.0 Å². The minimum Gasteiger partial charge on any atom is -0.349 e. The molecule has 182 valence electrons. The number of benzene rings is 1. The molecule has 1 aromatic heterocycles. The number of nitrogens with one attached hydrogen (secondary N) is 2. The zero-order valence-corrected chi connectivity index (χ0v) is 20.1. The van der Waals surface area contributed by atoms with Crippen LogP contribution in [-0.4, -0.2) is 52.9 Å². The summed E-state index contributed by atoms with van der Waals surface area (Å²) < 4.78 is 29.3. The molecule has 2 atom stereocenters. The quantitative estimate of drug-likeness (QED) is 0.543. The summed E-state index contributed by atoms with van der Waals surface area (Å²) in [6.45, 7) is 2.54. The fourth-order valence-corrected chi connectivity index (χ4v) is 5.84. The summed E-state index contributed by atoms with van der Waals surface area (Å²) in [5, 5.41) is 9.75. The van der Waals surface area contributed by atoms with Crippen LogP contribution in [-0.2, 0) is 39.0 Å². The second-order valence-electron chi connectivity index (χ2n) is 8.38. The number of aromatic nitrogens is 2. The number of carbonyl (C=O) groups excluding carboxylic acids is 2. The van der Waals surface area contributed by atoms with Crippen molar-refractivity contribution in [2.45, 2.75) is 63.4 Å². The van der Waals surface area contributed by atoms with Gasteiger partial charge in [0.2, 0.25) is 21.8 Å². The van der Waals surface area contributed by atoms with Gasteiger partial charge in [-0.3, -0.25) is 14.3 Å². The van der Waals surface area contributed by atoms with E-state index < -0.39 is 28.0 Å². The Kier molecular flexibility index (Phi) is 8.62. The smallest absolute Gasteiger partial charge is 0.242 e. The first-order valence-corrected chi connectivity index (χ1v) is 13.0. The van der Waals surface area contributed by atoms with E-state index in [4.69, 9.17) is 0 Å². The van der Waals surface area contributed by atoms with E-state index in [-0.39, 0.29) is 13.1 Å².